The number of hydrogen-bond acceptors (Lipinski definition) is 10. The van der Waals surface area contributed by atoms with E-state index in [9.17, 15) is 23.7 Å². The highest BCUT2D eigenvalue weighted by Crippen LogP contribution is 2.58. The number of nitrogens with one attached hydrogen (secondary N) is 2. The fourth-order valence-corrected chi connectivity index (χ4v) is 10.7. The maximum absolute atomic E-state index is 16.5. The van der Waals surface area contributed by atoms with Crippen LogP contribution in [0.2, 0.25) is 0 Å². The van der Waals surface area contributed by atoms with Gasteiger partial charge in [0.1, 0.15) is 29.6 Å². The number of rotatable bonds is 13. The summed E-state index contributed by atoms with van der Waals surface area (Å²) < 4.78 is 47.9. The first kappa shape index (κ1) is 40.4. The van der Waals surface area contributed by atoms with Crippen molar-refractivity contribution in [3.63, 3.8) is 0 Å². The van der Waals surface area contributed by atoms with Crippen LogP contribution in [-0.2, 0) is 23.7 Å². The van der Waals surface area contributed by atoms with E-state index in [4.69, 9.17) is 14.0 Å². The van der Waals surface area contributed by atoms with E-state index in [2.05, 4.69) is 15.4 Å². The van der Waals surface area contributed by atoms with Crippen molar-refractivity contribution in [1.82, 2.24) is 25.2 Å². The number of halogens is 1. The number of nitrogens with zero attached hydrogens (tertiary/aromatic N) is 3. The number of pyridine rings is 1. The fourth-order valence-electron chi connectivity index (χ4n) is 7.87. The highest BCUT2D eigenvalue weighted by molar-refractivity contribution is 7.57. The largest absolute Gasteiger partial charge is 0.496 e. The third kappa shape index (κ3) is 8.56. The zero-order chi connectivity index (χ0) is 40.4. The van der Waals surface area contributed by atoms with Gasteiger partial charge in [-0.1, -0.05) is 24.3 Å². The van der Waals surface area contributed by atoms with Crippen molar-refractivity contribution in [2.75, 3.05) is 20.2 Å². The predicted molar refractivity (Wildman–Crippen MR) is 213 cm³/mol. The monoisotopic (exact) mass is 819 g/mol. The minimum Gasteiger partial charge on any atom is -0.496 e. The molecule has 4 aromatic rings. The Labute approximate surface area is 334 Å². The lowest BCUT2D eigenvalue weighted by Gasteiger charge is -2.42. The summed E-state index contributed by atoms with van der Waals surface area (Å²) in [5.41, 5.74) is 0.972. The van der Waals surface area contributed by atoms with E-state index in [1.165, 1.54) is 42.5 Å². The van der Waals surface area contributed by atoms with Gasteiger partial charge in [-0.15, -0.1) is 11.3 Å². The average Bonchev–Trinajstić information content (AvgIpc) is 3.77. The Morgan fingerprint density at radius 2 is 1.77 bits per heavy atom. The quantitative estimate of drug-likeness (QED) is 0.109. The Hall–Kier alpha value is -4.85. The van der Waals surface area contributed by atoms with Crippen molar-refractivity contribution in [3.8, 4) is 11.5 Å². The molecule has 5 heterocycles. The van der Waals surface area contributed by atoms with Gasteiger partial charge in [-0.25, -0.2) is 9.48 Å². The first-order valence-corrected chi connectivity index (χ1v) is 21.8. The van der Waals surface area contributed by atoms with Crippen molar-refractivity contribution < 1.29 is 42.1 Å². The number of thiophene rings is 1. The molecular weight excluding hydrogens is 773 g/mol. The lowest BCUT2D eigenvalue weighted by atomic mass is 9.91. The van der Waals surface area contributed by atoms with Gasteiger partial charge < -0.3 is 29.1 Å². The molecule has 302 valence electrons. The molecule has 2 aromatic heterocycles. The number of hydrogen-bond donors (Lipinski definition) is 2. The summed E-state index contributed by atoms with van der Waals surface area (Å²) in [4.78, 5) is 62.3. The summed E-state index contributed by atoms with van der Waals surface area (Å²) in [6.07, 6.45) is 6.20. The molecule has 3 saturated heterocycles. The summed E-state index contributed by atoms with van der Waals surface area (Å²) in [7, 11) is -2.84. The van der Waals surface area contributed by atoms with Gasteiger partial charge in [0.15, 0.2) is 0 Å². The maximum Gasteiger partial charge on any atom is 0.355 e. The van der Waals surface area contributed by atoms with Crippen LogP contribution in [0.15, 0.2) is 73.1 Å². The van der Waals surface area contributed by atoms with Crippen LogP contribution in [0.25, 0.3) is 10.1 Å². The highest BCUT2D eigenvalue weighted by Gasteiger charge is 2.48. The van der Waals surface area contributed by atoms with Crippen molar-refractivity contribution in [3.05, 3.63) is 89.1 Å². The number of aromatic nitrogens is 1. The molecule has 6 atom stereocenters. The summed E-state index contributed by atoms with van der Waals surface area (Å²) >= 11 is 1.18. The number of alkyl halides is 1. The molecule has 2 aromatic carbocycles. The standard InChI is InChI=1S/C41H47FN5O8PS/c1-24(2)54-41(51)25(3)45-56(52,55-30-10-6-5-7-11-30)37(42)26-13-16-35-27(19-26)20-36(57-35)38(48)44-32-12-8-9-29-14-15-33(47(29)39(32)49)40(50)46-22-28(23-46)31-21-43-18-17-34(31)53-4/h5-7,10-11,13,16-21,24-25,28-29,32-33,37H,8-9,12,14-15,22-23H2,1-4H3,(H,44,48)(H,45,52)/t25-,29-,32-,33-,37+,56+/m0/s1. The average molecular weight is 820 g/mol. The van der Waals surface area contributed by atoms with Crippen LogP contribution >= 0.6 is 18.9 Å². The Bertz CT molecular complexity index is 2180. The summed E-state index contributed by atoms with van der Waals surface area (Å²) in [6, 6.07) is 13.5. The van der Waals surface area contributed by atoms with Crippen LogP contribution in [0.5, 0.6) is 11.5 Å². The number of methoxy groups -OCH3 is 1. The lowest BCUT2D eigenvalue weighted by molar-refractivity contribution is -0.149. The van der Waals surface area contributed by atoms with Gasteiger partial charge in [0.05, 0.1) is 18.1 Å². The van der Waals surface area contributed by atoms with Gasteiger partial charge in [-0.05, 0) is 100 Å². The SMILES string of the molecule is COc1ccncc1C1CN(C(=O)[C@@H]2CC[C@@H]3CCC[C@H](NC(=O)c4cc5cc([C@H](F)[P@](=O)(N[C@@H](C)C(=O)OC(C)C)Oc6ccccc6)ccc5s4)C(=O)N32)C1. The van der Waals surface area contributed by atoms with E-state index in [1.54, 1.807) is 79.5 Å². The second kappa shape index (κ2) is 16.9. The van der Waals surface area contributed by atoms with Crippen LogP contribution in [0.4, 0.5) is 4.39 Å². The zero-order valence-electron chi connectivity index (χ0n) is 32.3. The Balaban J connectivity index is 1.04. The third-order valence-electron chi connectivity index (χ3n) is 10.7. The Morgan fingerprint density at radius 1 is 1.00 bits per heavy atom. The van der Waals surface area contributed by atoms with Gasteiger partial charge in [0.25, 0.3) is 5.91 Å². The molecule has 0 unspecified atom stereocenters. The van der Waals surface area contributed by atoms with Gasteiger partial charge >= 0.3 is 13.5 Å². The minimum atomic E-state index is -4.45. The molecule has 3 fully saturated rings. The number of likely N-dealkylation sites (tertiary alicyclic amines) is 1. The molecule has 0 saturated carbocycles. The normalized spacial score (nSPS) is 21.9. The molecule has 7 rings (SSSR count). The number of fused-ring (bicyclic) bond motifs is 2. The zero-order valence-corrected chi connectivity index (χ0v) is 34.0. The van der Waals surface area contributed by atoms with Crippen LogP contribution in [0.3, 0.4) is 0 Å². The number of esters is 1. The van der Waals surface area contributed by atoms with Crippen LogP contribution in [-0.4, -0.2) is 88.9 Å². The van der Waals surface area contributed by atoms with Gasteiger partial charge in [-0.3, -0.25) is 28.7 Å². The summed E-state index contributed by atoms with van der Waals surface area (Å²) in [5, 5.41) is 6.04. The number of para-hydroxylation sites is 1. The molecule has 16 heteroatoms. The maximum atomic E-state index is 16.5. The number of carbonyl (C=O) groups is 4. The highest BCUT2D eigenvalue weighted by atomic mass is 32.1. The summed E-state index contributed by atoms with van der Waals surface area (Å²) in [6.45, 7) is 5.81. The molecule has 0 bridgehead atoms. The van der Waals surface area contributed by atoms with E-state index in [1.807, 2.05) is 0 Å². The second-order valence-corrected chi connectivity index (χ2v) is 18.3. The third-order valence-corrected chi connectivity index (χ3v) is 14.0. The molecule has 3 amide bonds. The van der Waals surface area contributed by atoms with E-state index in [0.717, 1.165) is 24.2 Å². The predicted octanol–water partition coefficient (Wildman–Crippen LogP) is 6.74. The molecule has 13 nitrogen and oxygen atoms in total. The molecule has 57 heavy (non-hydrogen) atoms. The lowest BCUT2D eigenvalue weighted by Crippen LogP contribution is -2.58. The van der Waals surface area contributed by atoms with E-state index in [0.29, 0.717) is 47.3 Å². The molecule has 0 aliphatic carbocycles. The van der Waals surface area contributed by atoms with Crippen LogP contribution in [0.1, 0.15) is 85.5 Å². The molecular formula is C41H47FN5O8PS. The molecule has 0 radical (unpaired) electrons. The van der Waals surface area contributed by atoms with Crippen LogP contribution in [0, 0.1) is 0 Å². The number of ether oxygens (including phenoxy) is 2. The first-order valence-electron chi connectivity index (χ1n) is 19.2. The molecule has 3 aliphatic rings. The van der Waals surface area contributed by atoms with Gasteiger partial charge in [0.2, 0.25) is 17.7 Å². The Kier molecular flexibility index (Phi) is 12.0. The van der Waals surface area contributed by atoms with E-state index in [-0.39, 0.29) is 35.1 Å². The smallest absolute Gasteiger partial charge is 0.355 e. The number of carbonyl (C=O) groups excluding carboxylic acids is 4. The second-order valence-electron chi connectivity index (χ2n) is 15.1. The molecule has 2 N–H and O–H groups in total. The topological polar surface area (TPSA) is 156 Å². The number of benzene rings is 2. The van der Waals surface area contributed by atoms with Crippen molar-refractivity contribution in [2.24, 2.45) is 0 Å². The van der Waals surface area contributed by atoms with Crippen molar-refractivity contribution in [2.45, 2.75) is 95.0 Å². The van der Waals surface area contributed by atoms with E-state index >= 15 is 4.39 Å². The van der Waals surface area contributed by atoms with Gasteiger partial charge in [0, 0.05) is 47.7 Å². The molecule has 0 spiro atoms. The fraction of sp³-hybridized carbons (Fsp3) is 0.439. The first-order chi connectivity index (χ1) is 27.3. The van der Waals surface area contributed by atoms with Crippen LogP contribution < -0.4 is 19.7 Å². The van der Waals surface area contributed by atoms with E-state index < -0.39 is 49.5 Å². The van der Waals surface area contributed by atoms with Gasteiger partial charge in [-0.2, -0.15) is 0 Å². The minimum absolute atomic E-state index is 0.0197. The van der Waals surface area contributed by atoms with Crippen molar-refractivity contribution in [1.29, 1.82) is 0 Å². The summed E-state index contributed by atoms with van der Waals surface area (Å²) in [5.74, 6) is -2.72. The molecule has 3 aliphatic heterocycles. The van der Waals surface area contributed by atoms with Crippen molar-refractivity contribution >= 4 is 52.6 Å². The Morgan fingerprint density at radius 3 is 2.51 bits per heavy atom. The number of amides is 3.